The smallest absolute Gasteiger partial charge is 0.251 e. The molecule has 3 aliphatic heterocycles. The third kappa shape index (κ3) is 22.6. The molecule has 6 aromatic carbocycles. The average molecular weight is 1960 g/mol. The Morgan fingerprint density at radius 1 is 0.393 bits per heavy atom. The van der Waals surface area contributed by atoms with Crippen molar-refractivity contribution in [2.45, 2.75) is 103 Å². The van der Waals surface area contributed by atoms with E-state index in [2.05, 4.69) is 95.4 Å². The lowest BCUT2D eigenvalue weighted by molar-refractivity contribution is 0.0242. The van der Waals surface area contributed by atoms with Gasteiger partial charge in [0.15, 0.2) is 11.5 Å². The van der Waals surface area contributed by atoms with Crippen LogP contribution in [0.2, 0.25) is 0 Å². The van der Waals surface area contributed by atoms with Gasteiger partial charge in [-0.05, 0) is 158 Å². The molecule has 1 atom stereocenters. The Morgan fingerprint density at radius 3 is 1.29 bits per heavy atom. The number of anilines is 6. The number of hydrogen-bond donors (Lipinski definition) is 12. The standard InChI is InChI=1S/C27H28N6O4.C27H30N6O4.C27H25N5O4.C25H26N6O4/c1-15-12-18(25(35)29-3)8-9-21(15)31-27-32-23-22(26(33-27)37-19-10-11-36-14-19)20(13-30-23)16-4-6-17(7-5-16)24(34)28-2;1-4-18-13-16(7-10-29-18)20-15-30-24-23(20)26(37-19-8-11-36-12-9-19)33-27(32-24)31-21-6-5-17(25(34)28-2)14-22(21)35-3;1-14-30-20-9-6-15(10-22(20)35-14)19-13-29-25-24(19)27(36-18-7-8-18)32-23(31-25)12-16-4-5-17(26(33)28-2)11-21(16)34-3;1-26-23(32)15-5-6-19(20(12-15)33-2)29-25-30-22-21(18(14-28-22)16-4-3-9-27-13-16)24(31-25)35-17-7-10-34-11-8-17/h4-9,12-13,19H,10-11,14H2,1-3H3,(H,28,34)(H,29,35)(H2,30,31,32,33);5-7,10,13-15,19H,4,8-9,11-12H2,1-3H3,(H,28,34)(H2,30,31,32,33);4-6,9-11,13,18H,7-8,12H2,1-3H3,(H,28,33)(H,29,31,32);3-6,9,12-14,17H,7-8,10-11H2,1-2H3,(H,26,32)(H2,28,29,30,31)/t19-;;;/m0.../s1. The molecule has 21 rings (SSSR count). The van der Waals surface area contributed by atoms with Crippen molar-refractivity contribution in [3.8, 4) is 85.3 Å². The van der Waals surface area contributed by atoms with Gasteiger partial charge >= 0.3 is 0 Å². The number of benzene rings is 6. The Morgan fingerprint density at radius 2 is 0.814 bits per heavy atom. The quantitative estimate of drug-likeness (QED) is 0.0207. The molecule has 14 heterocycles. The number of amides is 5. The molecule has 0 radical (unpaired) electrons. The second kappa shape index (κ2) is 44.7. The molecule has 1 aliphatic carbocycles. The van der Waals surface area contributed by atoms with Crippen molar-refractivity contribution in [1.29, 1.82) is 0 Å². The highest BCUT2D eigenvalue weighted by Crippen LogP contribution is 2.44. The molecule has 0 bridgehead atoms. The zero-order valence-corrected chi connectivity index (χ0v) is 81.7. The van der Waals surface area contributed by atoms with Gasteiger partial charge in [0.05, 0.1) is 93.9 Å². The third-order valence-electron chi connectivity index (χ3n) is 24.8. The van der Waals surface area contributed by atoms with E-state index >= 15 is 0 Å². The molecule has 39 heteroatoms. The lowest BCUT2D eigenvalue weighted by Crippen LogP contribution is -2.26. The molecule has 0 unspecified atom stereocenters. The van der Waals surface area contributed by atoms with E-state index in [4.69, 9.17) is 86.7 Å². The van der Waals surface area contributed by atoms with Crippen LogP contribution in [0.15, 0.2) is 187 Å². The average Bonchev–Trinajstić information content (AvgIpc) is 1.02. The van der Waals surface area contributed by atoms with E-state index in [-0.39, 0.29) is 54.0 Å². The fourth-order valence-electron chi connectivity index (χ4n) is 17.0. The van der Waals surface area contributed by atoms with Crippen molar-refractivity contribution < 1.29 is 75.8 Å². The van der Waals surface area contributed by atoms with Crippen LogP contribution >= 0.6 is 0 Å². The number of carbonyl (C=O) groups is 5. The molecule has 145 heavy (non-hydrogen) atoms. The number of rotatable bonds is 29. The number of aryl methyl sites for hydroxylation is 3. The summed E-state index contributed by atoms with van der Waals surface area (Å²) in [6.07, 6.45) is 20.2. The number of methoxy groups -OCH3 is 3. The zero-order chi connectivity index (χ0) is 101. The summed E-state index contributed by atoms with van der Waals surface area (Å²) in [6, 6.07) is 42.2. The van der Waals surface area contributed by atoms with Crippen LogP contribution in [-0.4, -0.2) is 225 Å². The molecule has 1 saturated carbocycles. The van der Waals surface area contributed by atoms with E-state index in [1.807, 2.05) is 112 Å². The van der Waals surface area contributed by atoms with Gasteiger partial charge in [-0.2, -0.15) is 34.9 Å². The van der Waals surface area contributed by atoms with Gasteiger partial charge < -0.3 is 114 Å². The van der Waals surface area contributed by atoms with Gasteiger partial charge in [-0.15, -0.1) is 0 Å². The molecule has 39 nitrogen and oxygen atoms in total. The highest BCUT2D eigenvalue weighted by atomic mass is 16.6. The topological polar surface area (TPSA) is 492 Å². The number of ether oxygens (including phenoxy) is 10. The molecule has 3 saturated heterocycles. The SMILES string of the molecule is CCc1cc(-c2c[nH]c3nc(Nc4ccc(C(=O)NC)cc4OC)nc(OC4CCOCC4)c23)ccn1.CNC(=O)c1ccc(-c2c[nH]c3nc(Nc4ccc(C(=O)NC)cc4C)nc(O[C@H]4CCOC4)c23)cc1.CNC(=O)c1ccc(Cc2nc(OC3CC3)c3c(-c4ccc5nc(C)oc5c4)c[nH]c3n2)c(OC)c1.CNC(=O)c1ccc(Nc2nc(OC3CCOCC3)c3c(-c4cccnc4)c[nH]c3n2)c(OC)c1. The first-order valence-electron chi connectivity index (χ1n) is 47.6. The van der Waals surface area contributed by atoms with Crippen LogP contribution in [0.1, 0.15) is 132 Å². The summed E-state index contributed by atoms with van der Waals surface area (Å²) in [5.41, 5.74) is 19.0. The Hall–Kier alpha value is -17.2. The highest BCUT2D eigenvalue weighted by Gasteiger charge is 2.32. The maximum Gasteiger partial charge on any atom is 0.251 e. The maximum atomic E-state index is 12.0. The van der Waals surface area contributed by atoms with Crippen LogP contribution in [0.4, 0.5) is 34.9 Å². The predicted octanol–water partition coefficient (Wildman–Crippen LogP) is 16.1. The van der Waals surface area contributed by atoms with Crippen molar-refractivity contribution in [2.24, 2.45) is 0 Å². The van der Waals surface area contributed by atoms with Crippen LogP contribution in [0.25, 0.3) is 99.7 Å². The van der Waals surface area contributed by atoms with Gasteiger partial charge in [0.1, 0.15) is 75.6 Å². The van der Waals surface area contributed by atoms with E-state index in [9.17, 15) is 24.0 Å². The highest BCUT2D eigenvalue weighted by molar-refractivity contribution is 6.04. The Kier molecular flexibility index (Phi) is 30.2. The molecular weight excluding hydrogens is 1850 g/mol. The van der Waals surface area contributed by atoms with Crippen molar-refractivity contribution in [3.05, 3.63) is 239 Å². The van der Waals surface area contributed by atoms with Crippen molar-refractivity contribution in [1.82, 2.24) is 101 Å². The predicted molar refractivity (Wildman–Crippen MR) is 547 cm³/mol. The molecule has 12 N–H and O–H groups in total. The molecule has 0 spiro atoms. The summed E-state index contributed by atoms with van der Waals surface area (Å²) in [7, 11) is 12.7. The number of aromatic nitrogens is 15. The number of fused-ring (bicyclic) bond motifs is 5. The number of hydrogen-bond acceptors (Lipinski definition) is 30. The number of oxazole rings is 1. The number of H-pyrrole nitrogens is 4. The number of pyridine rings is 2. The minimum Gasteiger partial charge on any atom is -0.496 e. The first-order chi connectivity index (χ1) is 70.7. The number of nitrogens with one attached hydrogen (secondary N) is 12. The van der Waals surface area contributed by atoms with Crippen LogP contribution in [0.5, 0.6) is 40.8 Å². The molecule has 17 aromatic rings. The maximum absolute atomic E-state index is 12.0. The zero-order valence-electron chi connectivity index (χ0n) is 81.7. The van der Waals surface area contributed by atoms with E-state index in [1.54, 1.807) is 136 Å². The van der Waals surface area contributed by atoms with Crippen molar-refractivity contribution in [3.63, 3.8) is 0 Å². The van der Waals surface area contributed by atoms with Crippen LogP contribution in [0, 0.1) is 13.8 Å². The van der Waals surface area contributed by atoms with Crippen molar-refractivity contribution in [2.75, 3.05) is 112 Å². The molecular formula is C106H109N23O16. The van der Waals surface area contributed by atoms with Crippen molar-refractivity contribution >= 4 is 120 Å². The fourth-order valence-corrected chi connectivity index (χ4v) is 17.0. The Labute approximate surface area is 832 Å². The van der Waals surface area contributed by atoms with Crippen LogP contribution in [0.3, 0.4) is 0 Å². The van der Waals surface area contributed by atoms with E-state index < -0.39 is 0 Å². The minimum absolute atomic E-state index is 0.00674. The van der Waals surface area contributed by atoms with Crippen LogP contribution in [-0.2, 0) is 27.1 Å². The molecule has 5 amide bonds. The monoisotopic (exact) mass is 1960 g/mol. The molecule has 4 fully saturated rings. The summed E-state index contributed by atoms with van der Waals surface area (Å²) in [5.74, 6) is 4.96. The minimum atomic E-state index is -0.200. The lowest BCUT2D eigenvalue weighted by Gasteiger charge is -2.23. The summed E-state index contributed by atoms with van der Waals surface area (Å²) in [6.45, 7) is 9.59. The normalized spacial score (nSPS) is 14.0. The summed E-state index contributed by atoms with van der Waals surface area (Å²) < 4.78 is 64.2. The third-order valence-corrected chi connectivity index (χ3v) is 24.8. The summed E-state index contributed by atoms with van der Waals surface area (Å²) in [4.78, 5) is 124. The van der Waals surface area contributed by atoms with Crippen LogP contribution < -0.4 is 75.7 Å². The molecule has 744 valence electrons. The van der Waals surface area contributed by atoms with Gasteiger partial charge in [0.2, 0.25) is 41.4 Å². The fraction of sp³-hybridized carbons (Fsp3) is 0.283. The second-order valence-electron chi connectivity index (χ2n) is 34.4. The number of aromatic amines is 4. The lowest BCUT2D eigenvalue weighted by atomic mass is 10.0. The first-order valence-corrected chi connectivity index (χ1v) is 47.6. The Bertz CT molecular complexity index is 7590. The number of carbonyl (C=O) groups excluding carboxylic acids is 5. The van der Waals surface area contributed by atoms with E-state index in [0.717, 1.165) is 151 Å². The second-order valence-corrected chi connectivity index (χ2v) is 34.4. The Balaban J connectivity index is 0.000000127. The largest absolute Gasteiger partial charge is 0.496 e. The molecule has 11 aromatic heterocycles. The van der Waals surface area contributed by atoms with Gasteiger partial charge in [-0.3, -0.25) is 33.9 Å². The molecule has 4 aliphatic rings. The van der Waals surface area contributed by atoms with E-state index in [0.29, 0.717) is 178 Å². The van der Waals surface area contributed by atoms with Gasteiger partial charge in [-0.25, -0.2) is 9.97 Å². The summed E-state index contributed by atoms with van der Waals surface area (Å²) in [5, 5.41) is 26.0. The van der Waals surface area contributed by atoms with Gasteiger partial charge in [-0.1, -0.05) is 37.3 Å². The van der Waals surface area contributed by atoms with Gasteiger partial charge in [0.25, 0.3) is 29.5 Å². The number of nitrogens with zero attached hydrogens (tertiary/aromatic N) is 11. The van der Waals surface area contributed by atoms with Gasteiger partial charge in [0, 0.05) is 197 Å². The summed E-state index contributed by atoms with van der Waals surface area (Å²) >= 11 is 0. The van der Waals surface area contributed by atoms with E-state index in [1.165, 1.54) is 0 Å². The first kappa shape index (κ1) is 98.0.